The highest BCUT2D eigenvalue weighted by atomic mass is 19.1. The number of ether oxygens (including phenoxy) is 1. The van der Waals surface area contributed by atoms with Crippen molar-refractivity contribution in [3.8, 4) is 0 Å². The van der Waals surface area contributed by atoms with E-state index in [9.17, 15) is 9.18 Å². The molecule has 19 heavy (non-hydrogen) atoms. The summed E-state index contributed by atoms with van der Waals surface area (Å²) in [6.07, 6.45) is 1.69. The molecule has 0 aliphatic carbocycles. The number of carbonyl (C=O) groups excluding carboxylic acids is 1. The van der Waals surface area contributed by atoms with Crippen LogP contribution in [0, 0.1) is 5.82 Å². The Morgan fingerprint density at radius 3 is 2.74 bits per heavy atom. The van der Waals surface area contributed by atoms with Gasteiger partial charge in [-0.05, 0) is 35.0 Å². The summed E-state index contributed by atoms with van der Waals surface area (Å²) in [5.41, 5.74) is 0.801. The standard InChI is InChI=1S/C12H13FN4O2/c1-2-19-12(18)11(17-8-14-15-16-17)7-9-3-5-10(13)6-4-9/h3-6,8,11H,2,7H2,1H3. The molecule has 0 spiro atoms. The van der Waals surface area contributed by atoms with Crippen molar-refractivity contribution in [1.82, 2.24) is 20.2 Å². The van der Waals surface area contributed by atoms with Crippen LogP contribution in [-0.4, -0.2) is 32.8 Å². The van der Waals surface area contributed by atoms with Crippen LogP contribution in [0.2, 0.25) is 0 Å². The molecule has 1 unspecified atom stereocenters. The van der Waals surface area contributed by atoms with Gasteiger partial charge in [-0.3, -0.25) is 0 Å². The largest absolute Gasteiger partial charge is 0.464 e. The molecule has 2 aromatic rings. The maximum absolute atomic E-state index is 12.8. The first-order valence-electron chi connectivity index (χ1n) is 5.84. The smallest absolute Gasteiger partial charge is 0.331 e. The molecule has 1 heterocycles. The lowest BCUT2D eigenvalue weighted by molar-refractivity contribution is -0.147. The average Bonchev–Trinajstić information content (AvgIpc) is 2.92. The van der Waals surface area contributed by atoms with Gasteiger partial charge in [0.1, 0.15) is 12.1 Å². The molecule has 0 bridgehead atoms. The van der Waals surface area contributed by atoms with Crippen LogP contribution in [0.3, 0.4) is 0 Å². The number of benzene rings is 1. The zero-order valence-electron chi connectivity index (χ0n) is 10.4. The number of hydrogen-bond acceptors (Lipinski definition) is 5. The first-order chi connectivity index (χ1) is 9.20. The van der Waals surface area contributed by atoms with E-state index in [1.54, 1.807) is 19.1 Å². The Morgan fingerprint density at radius 1 is 1.42 bits per heavy atom. The molecule has 1 aromatic carbocycles. The normalized spacial score (nSPS) is 12.1. The number of halogens is 1. The predicted octanol–water partition coefficient (Wildman–Crippen LogP) is 1.16. The lowest BCUT2D eigenvalue weighted by Crippen LogP contribution is -2.24. The van der Waals surface area contributed by atoms with Gasteiger partial charge in [-0.2, -0.15) is 0 Å². The lowest BCUT2D eigenvalue weighted by Gasteiger charge is -2.14. The van der Waals surface area contributed by atoms with E-state index in [-0.39, 0.29) is 12.4 Å². The van der Waals surface area contributed by atoms with E-state index in [0.29, 0.717) is 6.42 Å². The van der Waals surface area contributed by atoms with E-state index in [1.165, 1.54) is 23.1 Å². The van der Waals surface area contributed by atoms with E-state index < -0.39 is 12.0 Å². The lowest BCUT2D eigenvalue weighted by atomic mass is 10.1. The van der Waals surface area contributed by atoms with Crippen LogP contribution >= 0.6 is 0 Å². The summed E-state index contributed by atoms with van der Waals surface area (Å²) < 4.78 is 19.2. The van der Waals surface area contributed by atoms with E-state index >= 15 is 0 Å². The van der Waals surface area contributed by atoms with Crippen LogP contribution < -0.4 is 0 Å². The van der Waals surface area contributed by atoms with Gasteiger partial charge in [0.05, 0.1) is 6.61 Å². The third kappa shape index (κ3) is 3.34. The van der Waals surface area contributed by atoms with Gasteiger partial charge in [-0.1, -0.05) is 12.1 Å². The Balaban J connectivity index is 2.18. The Hall–Kier alpha value is -2.31. The number of aromatic nitrogens is 4. The topological polar surface area (TPSA) is 69.9 Å². The zero-order valence-corrected chi connectivity index (χ0v) is 10.4. The number of esters is 1. The quantitative estimate of drug-likeness (QED) is 0.758. The molecule has 0 aliphatic heterocycles. The Labute approximate surface area is 109 Å². The molecule has 0 radical (unpaired) electrons. The molecular weight excluding hydrogens is 251 g/mol. The highest BCUT2D eigenvalue weighted by Gasteiger charge is 2.23. The van der Waals surface area contributed by atoms with Crippen molar-refractivity contribution >= 4 is 5.97 Å². The number of carbonyl (C=O) groups is 1. The number of hydrogen-bond donors (Lipinski definition) is 0. The highest BCUT2D eigenvalue weighted by molar-refractivity contribution is 5.74. The van der Waals surface area contributed by atoms with Gasteiger partial charge in [-0.25, -0.2) is 13.9 Å². The summed E-state index contributed by atoms with van der Waals surface area (Å²) in [5, 5.41) is 10.7. The van der Waals surface area contributed by atoms with Crippen molar-refractivity contribution in [3.63, 3.8) is 0 Å². The van der Waals surface area contributed by atoms with Crippen LogP contribution in [0.1, 0.15) is 18.5 Å². The summed E-state index contributed by atoms with van der Waals surface area (Å²) in [6.45, 7) is 2.01. The third-order valence-corrected chi connectivity index (χ3v) is 2.59. The van der Waals surface area contributed by atoms with Crippen LogP contribution in [0.4, 0.5) is 4.39 Å². The van der Waals surface area contributed by atoms with Gasteiger partial charge < -0.3 is 4.74 Å². The number of tetrazole rings is 1. The Bertz CT molecular complexity index is 527. The average molecular weight is 264 g/mol. The second-order valence-corrected chi connectivity index (χ2v) is 3.89. The minimum Gasteiger partial charge on any atom is -0.464 e. The molecule has 6 nitrogen and oxygen atoms in total. The first-order valence-corrected chi connectivity index (χ1v) is 5.84. The summed E-state index contributed by atoms with van der Waals surface area (Å²) in [7, 11) is 0. The van der Waals surface area contributed by atoms with Gasteiger partial charge >= 0.3 is 5.97 Å². The van der Waals surface area contributed by atoms with Crippen molar-refractivity contribution < 1.29 is 13.9 Å². The van der Waals surface area contributed by atoms with Crippen molar-refractivity contribution in [2.45, 2.75) is 19.4 Å². The molecule has 0 amide bonds. The van der Waals surface area contributed by atoms with Crippen LogP contribution in [0.15, 0.2) is 30.6 Å². The molecule has 0 fully saturated rings. The van der Waals surface area contributed by atoms with Crippen LogP contribution in [0.25, 0.3) is 0 Å². The summed E-state index contributed by atoms with van der Waals surface area (Å²) >= 11 is 0. The minimum absolute atomic E-state index is 0.279. The summed E-state index contributed by atoms with van der Waals surface area (Å²) in [6, 6.07) is 5.27. The second kappa shape index (κ2) is 6.03. The molecule has 7 heteroatoms. The molecule has 1 aromatic heterocycles. The molecule has 0 N–H and O–H groups in total. The van der Waals surface area contributed by atoms with E-state index in [2.05, 4.69) is 15.5 Å². The minimum atomic E-state index is -0.652. The second-order valence-electron chi connectivity index (χ2n) is 3.89. The van der Waals surface area contributed by atoms with E-state index in [4.69, 9.17) is 4.74 Å². The maximum atomic E-state index is 12.8. The van der Waals surface area contributed by atoms with E-state index in [1.807, 2.05) is 0 Å². The van der Waals surface area contributed by atoms with Gasteiger partial charge in [0.15, 0.2) is 6.04 Å². The van der Waals surface area contributed by atoms with Crippen LogP contribution in [-0.2, 0) is 16.0 Å². The molecule has 0 saturated carbocycles. The maximum Gasteiger partial charge on any atom is 0.331 e. The fourth-order valence-corrected chi connectivity index (χ4v) is 1.68. The third-order valence-electron chi connectivity index (χ3n) is 2.59. The number of nitrogens with zero attached hydrogens (tertiary/aromatic N) is 4. The van der Waals surface area contributed by atoms with Crippen molar-refractivity contribution in [2.24, 2.45) is 0 Å². The molecule has 100 valence electrons. The molecule has 0 saturated heterocycles. The SMILES string of the molecule is CCOC(=O)C(Cc1ccc(F)cc1)n1cnnn1. The van der Waals surface area contributed by atoms with E-state index in [0.717, 1.165) is 5.56 Å². The highest BCUT2D eigenvalue weighted by Crippen LogP contribution is 2.15. The summed E-state index contributed by atoms with van der Waals surface area (Å²) in [4.78, 5) is 11.9. The number of rotatable bonds is 5. The monoisotopic (exact) mass is 264 g/mol. The Morgan fingerprint density at radius 2 is 2.16 bits per heavy atom. The molecule has 1 atom stereocenters. The fraction of sp³-hybridized carbons (Fsp3) is 0.333. The zero-order chi connectivity index (χ0) is 13.7. The van der Waals surface area contributed by atoms with Crippen molar-refractivity contribution in [2.75, 3.05) is 6.61 Å². The van der Waals surface area contributed by atoms with Crippen molar-refractivity contribution in [1.29, 1.82) is 0 Å². The van der Waals surface area contributed by atoms with Crippen molar-refractivity contribution in [3.05, 3.63) is 42.0 Å². The van der Waals surface area contributed by atoms with Gasteiger partial charge in [0.2, 0.25) is 0 Å². The molecule has 0 aliphatic rings. The fourth-order valence-electron chi connectivity index (χ4n) is 1.68. The summed E-state index contributed by atoms with van der Waals surface area (Å²) in [5.74, 6) is -0.738. The van der Waals surface area contributed by atoms with Gasteiger partial charge in [0.25, 0.3) is 0 Å². The molecular formula is C12H13FN4O2. The van der Waals surface area contributed by atoms with Crippen LogP contribution in [0.5, 0.6) is 0 Å². The first kappa shape index (κ1) is 13.1. The predicted molar refractivity (Wildman–Crippen MR) is 63.6 cm³/mol. The Kier molecular flexibility index (Phi) is 4.17. The van der Waals surface area contributed by atoms with Gasteiger partial charge in [-0.15, -0.1) is 5.10 Å². The molecule has 2 rings (SSSR count). The van der Waals surface area contributed by atoms with Gasteiger partial charge in [0, 0.05) is 6.42 Å².